The highest BCUT2D eigenvalue weighted by molar-refractivity contribution is 9.10. The Kier molecular flexibility index (Phi) is 3.89. The third-order valence-corrected chi connectivity index (χ3v) is 6.23. The van der Waals surface area contributed by atoms with Crippen molar-refractivity contribution in [2.24, 2.45) is 5.41 Å². The summed E-state index contributed by atoms with van der Waals surface area (Å²) >= 11 is 3.53. The highest BCUT2D eigenvalue weighted by Crippen LogP contribution is 2.49. The number of hydrogen-bond acceptors (Lipinski definition) is 1. The average Bonchev–Trinajstić information content (AvgIpc) is 2.98. The first-order chi connectivity index (χ1) is 10.7. The molecule has 0 atom stereocenters. The van der Waals surface area contributed by atoms with Crippen LogP contribution in [0.25, 0.3) is 10.8 Å². The van der Waals surface area contributed by atoms with E-state index in [1.165, 1.54) is 62.1 Å². The van der Waals surface area contributed by atoms with E-state index in [2.05, 4.69) is 52.3 Å². The molecule has 2 aromatic rings. The summed E-state index contributed by atoms with van der Waals surface area (Å²) in [6.07, 6.45) is 11.5. The second-order valence-corrected chi connectivity index (χ2v) is 8.09. The molecular weight excluding hydrogens is 336 g/mol. The molecule has 0 N–H and O–H groups in total. The average molecular weight is 359 g/mol. The molecule has 0 radical (unpaired) electrons. The van der Waals surface area contributed by atoms with Gasteiger partial charge in [0.15, 0.2) is 0 Å². The van der Waals surface area contributed by atoms with Crippen LogP contribution in [0.1, 0.15) is 51.4 Å². The van der Waals surface area contributed by atoms with E-state index in [1.54, 1.807) is 0 Å². The van der Waals surface area contributed by atoms with Crippen LogP contribution in [0.15, 0.2) is 40.9 Å². The molecule has 2 aliphatic rings. The minimum Gasteiger partial charge on any atom is -0.490 e. The molecule has 0 aliphatic heterocycles. The Morgan fingerprint density at radius 3 is 2.32 bits per heavy atom. The fourth-order valence-corrected chi connectivity index (χ4v) is 4.79. The molecule has 2 heteroatoms. The highest BCUT2D eigenvalue weighted by atomic mass is 79.9. The van der Waals surface area contributed by atoms with Gasteiger partial charge in [-0.2, -0.15) is 0 Å². The summed E-state index contributed by atoms with van der Waals surface area (Å²) < 4.78 is 7.41. The highest BCUT2D eigenvalue weighted by Gasteiger charge is 2.37. The number of halogens is 1. The maximum absolute atomic E-state index is 6.28. The number of benzene rings is 2. The van der Waals surface area contributed by atoms with Crippen molar-refractivity contribution in [1.82, 2.24) is 0 Å². The largest absolute Gasteiger partial charge is 0.490 e. The van der Waals surface area contributed by atoms with Gasteiger partial charge in [-0.1, -0.05) is 40.9 Å². The second-order valence-electron chi connectivity index (χ2n) is 7.18. The van der Waals surface area contributed by atoms with E-state index in [0.717, 1.165) is 10.2 Å². The fourth-order valence-electron chi connectivity index (χ4n) is 4.41. The van der Waals surface area contributed by atoms with Gasteiger partial charge in [-0.3, -0.25) is 0 Å². The van der Waals surface area contributed by atoms with Gasteiger partial charge in [-0.25, -0.2) is 0 Å². The predicted octanol–water partition coefficient (Wildman–Crippen LogP) is 6.48. The standard InChI is InChI=1S/C20H23BrO/c21-17-5-3-16-14-19(6-4-15(16)13-17)22-18-7-11-20(12-8-18)9-1-2-10-20/h3-6,13-14,18H,1-2,7-12H2. The van der Waals surface area contributed by atoms with Gasteiger partial charge in [-0.15, -0.1) is 0 Å². The monoisotopic (exact) mass is 358 g/mol. The predicted molar refractivity (Wildman–Crippen MR) is 95.4 cm³/mol. The third-order valence-electron chi connectivity index (χ3n) is 5.73. The van der Waals surface area contributed by atoms with Crippen molar-refractivity contribution < 1.29 is 4.74 Å². The van der Waals surface area contributed by atoms with Crippen molar-refractivity contribution in [2.45, 2.75) is 57.5 Å². The lowest BCUT2D eigenvalue weighted by Gasteiger charge is -2.37. The van der Waals surface area contributed by atoms with Gasteiger partial charge in [0.2, 0.25) is 0 Å². The topological polar surface area (TPSA) is 9.23 Å². The van der Waals surface area contributed by atoms with Gasteiger partial charge in [0.25, 0.3) is 0 Å². The summed E-state index contributed by atoms with van der Waals surface area (Å²) in [5.74, 6) is 1.03. The van der Waals surface area contributed by atoms with Crippen LogP contribution in [0.3, 0.4) is 0 Å². The summed E-state index contributed by atoms with van der Waals surface area (Å²) in [6.45, 7) is 0. The molecule has 4 rings (SSSR count). The van der Waals surface area contributed by atoms with Crippen LogP contribution in [-0.2, 0) is 0 Å². The summed E-state index contributed by atoms with van der Waals surface area (Å²) in [5, 5.41) is 2.51. The molecule has 2 aromatic carbocycles. The smallest absolute Gasteiger partial charge is 0.120 e. The molecule has 0 heterocycles. The summed E-state index contributed by atoms with van der Waals surface area (Å²) in [4.78, 5) is 0. The molecule has 2 aliphatic carbocycles. The Bertz CT molecular complexity index is 662. The summed E-state index contributed by atoms with van der Waals surface area (Å²) in [6, 6.07) is 12.9. The van der Waals surface area contributed by atoms with Crippen molar-refractivity contribution in [3.8, 4) is 5.75 Å². The van der Waals surface area contributed by atoms with Crippen LogP contribution in [0.5, 0.6) is 5.75 Å². The first-order valence-corrected chi connectivity index (χ1v) is 9.38. The Labute approximate surface area is 141 Å². The maximum atomic E-state index is 6.28. The van der Waals surface area contributed by atoms with Gasteiger partial charge >= 0.3 is 0 Å². The van der Waals surface area contributed by atoms with Gasteiger partial charge < -0.3 is 4.74 Å². The maximum Gasteiger partial charge on any atom is 0.120 e. The Morgan fingerprint density at radius 2 is 1.55 bits per heavy atom. The Balaban J connectivity index is 1.44. The van der Waals surface area contributed by atoms with Crippen molar-refractivity contribution in [3.63, 3.8) is 0 Å². The van der Waals surface area contributed by atoms with E-state index in [4.69, 9.17) is 4.74 Å². The molecule has 2 fully saturated rings. The van der Waals surface area contributed by atoms with Crippen LogP contribution >= 0.6 is 15.9 Å². The lowest BCUT2D eigenvalue weighted by molar-refractivity contribution is 0.0825. The molecule has 0 bridgehead atoms. The Hall–Kier alpha value is -1.02. The second kappa shape index (κ2) is 5.88. The van der Waals surface area contributed by atoms with E-state index in [1.807, 2.05) is 0 Å². The lowest BCUT2D eigenvalue weighted by atomic mass is 9.72. The summed E-state index contributed by atoms with van der Waals surface area (Å²) in [7, 11) is 0. The minimum absolute atomic E-state index is 0.416. The number of rotatable bonds is 2. The molecular formula is C20H23BrO. The molecule has 116 valence electrons. The normalized spacial score (nSPS) is 21.5. The molecule has 0 amide bonds. The van der Waals surface area contributed by atoms with Crippen LogP contribution in [0.2, 0.25) is 0 Å². The molecule has 0 aromatic heterocycles. The van der Waals surface area contributed by atoms with Crippen LogP contribution in [-0.4, -0.2) is 6.10 Å². The van der Waals surface area contributed by atoms with Crippen molar-refractivity contribution in [3.05, 3.63) is 40.9 Å². The van der Waals surface area contributed by atoms with E-state index in [9.17, 15) is 0 Å². The molecule has 0 saturated heterocycles. The molecule has 2 saturated carbocycles. The lowest BCUT2D eigenvalue weighted by Crippen LogP contribution is -2.30. The zero-order chi connectivity index (χ0) is 15.0. The first-order valence-electron chi connectivity index (χ1n) is 8.59. The van der Waals surface area contributed by atoms with Crippen molar-refractivity contribution in [2.75, 3.05) is 0 Å². The van der Waals surface area contributed by atoms with Crippen molar-refractivity contribution >= 4 is 26.7 Å². The van der Waals surface area contributed by atoms with E-state index in [0.29, 0.717) is 11.5 Å². The van der Waals surface area contributed by atoms with E-state index >= 15 is 0 Å². The summed E-state index contributed by atoms with van der Waals surface area (Å²) in [5.41, 5.74) is 0.690. The zero-order valence-corrected chi connectivity index (χ0v) is 14.6. The number of hydrogen-bond donors (Lipinski definition) is 0. The van der Waals surface area contributed by atoms with Crippen LogP contribution < -0.4 is 4.74 Å². The minimum atomic E-state index is 0.416. The van der Waals surface area contributed by atoms with Crippen LogP contribution in [0, 0.1) is 5.41 Å². The van der Waals surface area contributed by atoms with Gasteiger partial charge in [0, 0.05) is 4.47 Å². The van der Waals surface area contributed by atoms with Gasteiger partial charge in [0.1, 0.15) is 5.75 Å². The van der Waals surface area contributed by atoms with Gasteiger partial charge in [-0.05, 0) is 79.0 Å². The first kappa shape index (κ1) is 14.6. The molecule has 0 unspecified atom stereocenters. The SMILES string of the molecule is Brc1ccc2cc(OC3CCC4(CCCC4)CC3)ccc2c1. The zero-order valence-electron chi connectivity index (χ0n) is 13.0. The number of fused-ring (bicyclic) bond motifs is 1. The van der Waals surface area contributed by atoms with Crippen molar-refractivity contribution in [1.29, 1.82) is 0 Å². The van der Waals surface area contributed by atoms with Crippen LogP contribution in [0.4, 0.5) is 0 Å². The number of ether oxygens (including phenoxy) is 1. The third kappa shape index (κ3) is 2.90. The fraction of sp³-hybridized carbons (Fsp3) is 0.500. The molecule has 1 spiro atoms. The van der Waals surface area contributed by atoms with Gasteiger partial charge in [0.05, 0.1) is 6.10 Å². The Morgan fingerprint density at radius 1 is 0.864 bits per heavy atom. The quantitative estimate of drug-likeness (QED) is 0.596. The van der Waals surface area contributed by atoms with E-state index in [-0.39, 0.29) is 0 Å². The molecule has 1 nitrogen and oxygen atoms in total. The van der Waals surface area contributed by atoms with E-state index < -0.39 is 0 Å². The molecule has 22 heavy (non-hydrogen) atoms.